The summed E-state index contributed by atoms with van der Waals surface area (Å²) in [4.78, 5) is 27.8. The van der Waals surface area contributed by atoms with Gasteiger partial charge >= 0.3 is 6.03 Å². The van der Waals surface area contributed by atoms with Crippen LogP contribution in [0.4, 0.5) is 10.6 Å². The number of nitrogens with zero attached hydrogens (tertiary/aromatic N) is 3. The first-order valence-corrected chi connectivity index (χ1v) is 7.85. The molecule has 0 aliphatic heterocycles. The van der Waals surface area contributed by atoms with Crippen LogP contribution in [0.2, 0.25) is 0 Å². The Bertz CT molecular complexity index is 742. The van der Waals surface area contributed by atoms with Crippen molar-refractivity contribution < 1.29 is 9.59 Å². The van der Waals surface area contributed by atoms with Crippen LogP contribution in [-0.4, -0.2) is 27.7 Å². The molecule has 1 atom stereocenters. The van der Waals surface area contributed by atoms with Crippen LogP contribution in [0.15, 0.2) is 11.1 Å². The molecule has 0 radical (unpaired) electrons. The van der Waals surface area contributed by atoms with E-state index in [9.17, 15) is 9.59 Å². The number of hydrogen-bond donors (Lipinski definition) is 3. The second-order valence-corrected chi connectivity index (χ2v) is 7.28. The summed E-state index contributed by atoms with van der Waals surface area (Å²) in [6.45, 7) is 6.94. The van der Waals surface area contributed by atoms with Gasteiger partial charge in [0.25, 0.3) is 0 Å². The summed E-state index contributed by atoms with van der Waals surface area (Å²) in [5.41, 5.74) is 5.40. The first-order chi connectivity index (χ1) is 11.1. The molecule has 0 aliphatic carbocycles. The van der Waals surface area contributed by atoms with Crippen molar-refractivity contribution in [3.05, 3.63) is 17.2 Å². The number of nitriles is 2. The molecule has 0 aliphatic rings. The van der Waals surface area contributed by atoms with E-state index in [1.54, 1.807) is 27.7 Å². The number of aromatic nitrogens is 1. The average Bonchev–Trinajstić information content (AvgIpc) is 2.45. The Kier molecular flexibility index (Phi) is 6.15. The number of anilines is 1. The second kappa shape index (κ2) is 7.66. The number of nitrogens with two attached hydrogens (primary N) is 1. The molecule has 1 rings (SSSR count). The summed E-state index contributed by atoms with van der Waals surface area (Å²) < 4.78 is 0. The van der Waals surface area contributed by atoms with Gasteiger partial charge in [0.15, 0.2) is 0 Å². The maximum atomic E-state index is 12.1. The molecule has 0 saturated heterocycles. The van der Waals surface area contributed by atoms with E-state index in [0.29, 0.717) is 0 Å². The molecule has 1 aromatic heterocycles. The zero-order chi connectivity index (χ0) is 18.5. The lowest BCUT2D eigenvalue weighted by atomic mass is 10.1. The molecule has 8 nitrogen and oxygen atoms in total. The number of pyridine rings is 1. The number of rotatable bonds is 3. The number of imide groups is 1. The lowest BCUT2D eigenvalue weighted by molar-refractivity contribution is -0.119. The van der Waals surface area contributed by atoms with Crippen LogP contribution in [0.3, 0.4) is 0 Å². The van der Waals surface area contributed by atoms with Crippen LogP contribution < -0.4 is 16.4 Å². The number of amides is 3. The third kappa shape index (κ3) is 5.45. The van der Waals surface area contributed by atoms with Crippen molar-refractivity contribution in [3.8, 4) is 12.1 Å². The molecule has 24 heavy (non-hydrogen) atoms. The van der Waals surface area contributed by atoms with Crippen LogP contribution in [0.5, 0.6) is 0 Å². The SMILES string of the molecule is C[C@@H](Sc1nc(N)c(C#N)cc1C#N)C(=O)NC(=O)NC(C)(C)C. The van der Waals surface area contributed by atoms with Crippen molar-refractivity contribution in [2.75, 3.05) is 5.73 Å². The number of carbonyl (C=O) groups is 2. The maximum Gasteiger partial charge on any atom is 0.321 e. The standard InChI is InChI=1S/C15H18N6O2S/c1-8(12(22)20-14(23)21-15(2,3)4)24-13-10(7-17)5-9(6-16)11(18)19-13/h5,8H,1-4H3,(H2,18,19)(H2,20,21,22,23)/t8-/m1/s1. The van der Waals surface area contributed by atoms with Gasteiger partial charge in [0.2, 0.25) is 5.91 Å². The van der Waals surface area contributed by atoms with Gasteiger partial charge in [0, 0.05) is 5.54 Å². The van der Waals surface area contributed by atoms with E-state index < -0.39 is 22.7 Å². The van der Waals surface area contributed by atoms with Crippen LogP contribution in [0.25, 0.3) is 0 Å². The van der Waals surface area contributed by atoms with Gasteiger partial charge in [-0.25, -0.2) is 9.78 Å². The zero-order valence-electron chi connectivity index (χ0n) is 13.8. The number of thioether (sulfide) groups is 1. The molecule has 3 amide bonds. The van der Waals surface area contributed by atoms with Crippen LogP contribution in [-0.2, 0) is 4.79 Å². The predicted molar refractivity (Wildman–Crippen MR) is 89.8 cm³/mol. The number of nitrogen functional groups attached to an aromatic ring is 1. The van der Waals surface area contributed by atoms with Gasteiger partial charge in [0.05, 0.1) is 16.4 Å². The highest BCUT2D eigenvalue weighted by atomic mass is 32.2. The zero-order valence-corrected chi connectivity index (χ0v) is 14.6. The fourth-order valence-corrected chi connectivity index (χ4v) is 2.46. The van der Waals surface area contributed by atoms with Gasteiger partial charge in [-0.2, -0.15) is 10.5 Å². The van der Waals surface area contributed by atoms with Gasteiger partial charge in [-0.1, -0.05) is 11.8 Å². The summed E-state index contributed by atoms with van der Waals surface area (Å²) in [7, 11) is 0. The van der Waals surface area contributed by atoms with Crippen molar-refractivity contribution >= 4 is 29.5 Å². The van der Waals surface area contributed by atoms with Gasteiger partial charge in [-0.15, -0.1) is 0 Å². The Morgan fingerprint density at radius 1 is 1.29 bits per heavy atom. The summed E-state index contributed by atoms with van der Waals surface area (Å²) in [5, 5.41) is 22.4. The minimum Gasteiger partial charge on any atom is -0.383 e. The first-order valence-electron chi connectivity index (χ1n) is 6.97. The number of carbonyl (C=O) groups excluding carboxylic acids is 2. The van der Waals surface area contributed by atoms with Gasteiger partial charge in [-0.05, 0) is 33.8 Å². The minimum absolute atomic E-state index is 0.0166. The van der Waals surface area contributed by atoms with E-state index in [2.05, 4.69) is 15.6 Å². The molecule has 4 N–H and O–H groups in total. The molecule has 0 unspecified atom stereocenters. The Balaban J connectivity index is 2.85. The minimum atomic E-state index is -0.692. The van der Waals surface area contributed by atoms with Gasteiger partial charge in [0.1, 0.15) is 23.0 Å². The second-order valence-electron chi connectivity index (χ2n) is 5.95. The molecule has 0 aromatic carbocycles. The Morgan fingerprint density at radius 3 is 2.38 bits per heavy atom. The summed E-state index contributed by atoms with van der Waals surface area (Å²) in [5.74, 6) is -0.549. The van der Waals surface area contributed by atoms with Crippen molar-refractivity contribution in [1.29, 1.82) is 10.5 Å². The molecule has 1 aromatic rings. The topological polar surface area (TPSA) is 145 Å². The smallest absolute Gasteiger partial charge is 0.321 e. The molecule has 0 spiro atoms. The fraction of sp³-hybridized carbons (Fsp3) is 0.400. The molecular formula is C15H18N6O2S. The number of nitrogens with one attached hydrogen (secondary N) is 2. The van der Waals surface area contributed by atoms with E-state index >= 15 is 0 Å². The van der Waals surface area contributed by atoms with E-state index in [1.165, 1.54) is 6.07 Å². The maximum absolute atomic E-state index is 12.1. The predicted octanol–water partition coefficient (Wildman–Crippen LogP) is 1.51. The van der Waals surface area contributed by atoms with E-state index in [-0.39, 0.29) is 22.0 Å². The largest absolute Gasteiger partial charge is 0.383 e. The lowest BCUT2D eigenvalue weighted by Crippen LogP contribution is -2.49. The average molecular weight is 346 g/mol. The summed E-state index contributed by atoms with van der Waals surface area (Å²) >= 11 is 0.981. The monoisotopic (exact) mass is 346 g/mol. The third-order valence-electron chi connectivity index (χ3n) is 2.64. The van der Waals surface area contributed by atoms with E-state index in [4.69, 9.17) is 16.3 Å². The van der Waals surface area contributed by atoms with Crippen LogP contribution >= 0.6 is 11.8 Å². The third-order valence-corrected chi connectivity index (χ3v) is 3.74. The molecule has 1 heterocycles. The normalized spacial score (nSPS) is 11.8. The van der Waals surface area contributed by atoms with E-state index in [0.717, 1.165) is 11.8 Å². The first kappa shape index (κ1) is 19.3. The van der Waals surface area contributed by atoms with Crippen LogP contribution in [0.1, 0.15) is 38.8 Å². The van der Waals surface area contributed by atoms with Gasteiger partial charge in [-0.3, -0.25) is 10.1 Å². The highest BCUT2D eigenvalue weighted by Crippen LogP contribution is 2.27. The number of hydrogen-bond acceptors (Lipinski definition) is 7. The fourth-order valence-electron chi connectivity index (χ4n) is 1.58. The molecular weight excluding hydrogens is 328 g/mol. The van der Waals surface area contributed by atoms with Crippen LogP contribution in [0, 0.1) is 22.7 Å². The molecule has 9 heteroatoms. The number of urea groups is 1. The Hall–Kier alpha value is -2.78. The van der Waals surface area contributed by atoms with Crippen molar-refractivity contribution in [1.82, 2.24) is 15.6 Å². The Labute approximate surface area is 144 Å². The molecule has 126 valence electrons. The summed E-state index contributed by atoms with van der Waals surface area (Å²) in [6, 6.07) is 4.47. The highest BCUT2D eigenvalue weighted by molar-refractivity contribution is 8.00. The van der Waals surface area contributed by atoms with Crippen molar-refractivity contribution in [2.45, 2.75) is 43.5 Å². The summed E-state index contributed by atoms with van der Waals surface area (Å²) in [6.07, 6.45) is 0. The molecule has 0 fully saturated rings. The van der Waals surface area contributed by atoms with E-state index in [1.807, 2.05) is 12.1 Å². The molecule has 0 saturated carbocycles. The lowest BCUT2D eigenvalue weighted by Gasteiger charge is -2.21. The van der Waals surface area contributed by atoms with Crippen molar-refractivity contribution in [2.24, 2.45) is 0 Å². The Morgan fingerprint density at radius 2 is 1.88 bits per heavy atom. The molecule has 0 bridgehead atoms. The van der Waals surface area contributed by atoms with Crippen molar-refractivity contribution in [3.63, 3.8) is 0 Å². The quantitative estimate of drug-likeness (QED) is 0.703. The highest BCUT2D eigenvalue weighted by Gasteiger charge is 2.22. The van der Waals surface area contributed by atoms with Gasteiger partial charge < -0.3 is 11.1 Å².